The van der Waals surface area contributed by atoms with Crippen LogP contribution in [0.3, 0.4) is 0 Å². The number of carbonyl (C=O) groups is 3. The molecule has 39 heavy (non-hydrogen) atoms. The minimum Gasteiger partial charge on any atom is -0.483 e. The predicted molar refractivity (Wildman–Crippen MR) is 155 cm³/mol. The third kappa shape index (κ3) is 11.1. The Morgan fingerprint density at radius 1 is 1.23 bits per heavy atom. The van der Waals surface area contributed by atoms with Gasteiger partial charge in [-0.25, -0.2) is 14.6 Å². The zero-order chi connectivity index (χ0) is 28.8. The normalized spacial score (nSPS) is 19.7. The summed E-state index contributed by atoms with van der Waals surface area (Å²) in [6.45, 7) is 9.20. The van der Waals surface area contributed by atoms with E-state index in [0.29, 0.717) is 29.2 Å². The van der Waals surface area contributed by atoms with Gasteiger partial charge in [-0.15, -0.1) is 0 Å². The molecule has 1 aromatic carbocycles. The van der Waals surface area contributed by atoms with Gasteiger partial charge in [0.15, 0.2) is 6.40 Å². The Morgan fingerprint density at radius 2 is 1.97 bits per heavy atom. The molecule has 212 valence electrons. The van der Waals surface area contributed by atoms with Crippen LogP contribution in [-0.4, -0.2) is 70.2 Å². The van der Waals surface area contributed by atoms with Crippen LogP contribution < -0.4 is 10.6 Å². The standard InChI is InChI=1S/C27H38N4O7Si/c1-6-38-26(34)22-10-8-7-9-19(25(32)33)16-29-24(17-28-18-37-13-14-39(3,4)5)21-12-11-20(15-23(21)31-22)30-27(35)36-2/h7-8,11-12,15-19,22,31H,6,9-10,13-14H2,1-5H3,(H,30,35)(H,32,33)/b8-7+,24-17-,28-18?,29-16?. The van der Waals surface area contributed by atoms with Crippen molar-refractivity contribution in [2.24, 2.45) is 15.9 Å². The average Bonchev–Trinajstić information content (AvgIpc) is 2.86. The van der Waals surface area contributed by atoms with Crippen molar-refractivity contribution in [1.82, 2.24) is 0 Å². The highest BCUT2D eigenvalue weighted by molar-refractivity contribution is 6.76. The van der Waals surface area contributed by atoms with Gasteiger partial charge in [0.05, 0.1) is 38.1 Å². The Bertz CT molecular complexity index is 1130. The van der Waals surface area contributed by atoms with E-state index in [-0.39, 0.29) is 19.4 Å². The topological polar surface area (TPSA) is 148 Å². The summed E-state index contributed by atoms with van der Waals surface area (Å²) in [6.07, 6.45) is 7.36. The molecule has 2 rings (SSSR count). The van der Waals surface area contributed by atoms with E-state index in [2.05, 4.69) is 45.0 Å². The lowest BCUT2D eigenvalue weighted by molar-refractivity contribution is -0.144. The molecule has 12 heteroatoms. The van der Waals surface area contributed by atoms with E-state index >= 15 is 0 Å². The van der Waals surface area contributed by atoms with Gasteiger partial charge in [-0.3, -0.25) is 15.1 Å². The third-order valence-electron chi connectivity index (χ3n) is 5.57. The zero-order valence-electron chi connectivity index (χ0n) is 23.1. The number of fused-ring (bicyclic) bond motifs is 1. The first-order chi connectivity index (χ1) is 18.5. The van der Waals surface area contributed by atoms with Crippen molar-refractivity contribution in [3.63, 3.8) is 0 Å². The van der Waals surface area contributed by atoms with Crippen molar-refractivity contribution in [3.05, 3.63) is 42.1 Å². The van der Waals surface area contributed by atoms with Gasteiger partial charge in [0.1, 0.15) is 6.04 Å². The van der Waals surface area contributed by atoms with Crippen LogP contribution in [0, 0.1) is 5.92 Å². The number of allylic oxidation sites excluding steroid dienone is 1. The Labute approximate surface area is 230 Å². The molecular weight excluding hydrogens is 520 g/mol. The minimum atomic E-state index is -1.26. The molecule has 0 fully saturated rings. The summed E-state index contributed by atoms with van der Waals surface area (Å²) < 4.78 is 15.5. The molecule has 1 aromatic rings. The maximum Gasteiger partial charge on any atom is 0.411 e. The molecular formula is C27H38N4O7Si. The first-order valence-electron chi connectivity index (χ1n) is 12.7. The van der Waals surface area contributed by atoms with Crippen LogP contribution in [0.15, 0.2) is 46.5 Å². The Morgan fingerprint density at radius 3 is 2.64 bits per heavy atom. The first kappa shape index (κ1) is 31.3. The highest BCUT2D eigenvalue weighted by Crippen LogP contribution is 2.30. The molecule has 1 amide bonds. The van der Waals surface area contributed by atoms with Gasteiger partial charge in [-0.1, -0.05) is 31.8 Å². The number of carbonyl (C=O) groups excluding carboxylic acids is 2. The summed E-state index contributed by atoms with van der Waals surface area (Å²) in [6, 6.07) is 5.13. The number of nitrogens with zero attached hydrogens (tertiary/aromatic N) is 2. The molecule has 0 saturated heterocycles. The number of carboxylic acids is 1. The van der Waals surface area contributed by atoms with Crippen LogP contribution in [0.25, 0.3) is 5.70 Å². The van der Waals surface area contributed by atoms with Crippen molar-refractivity contribution >= 4 is 55.8 Å². The molecule has 2 unspecified atom stereocenters. The van der Waals surface area contributed by atoms with E-state index < -0.39 is 38.1 Å². The lowest BCUT2D eigenvalue weighted by atomic mass is 10.0. The van der Waals surface area contributed by atoms with Gasteiger partial charge in [-0.2, -0.15) is 0 Å². The summed E-state index contributed by atoms with van der Waals surface area (Å²) in [5.41, 5.74) is 1.69. The lowest BCUT2D eigenvalue weighted by Crippen LogP contribution is -2.31. The highest BCUT2D eigenvalue weighted by Gasteiger charge is 2.22. The molecule has 3 N–H and O–H groups in total. The maximum absolute atomic E-state index is 12.7. The molecule has 0 spiro atoms. The SMILES string of the molecule is CCOC(=O)C1C/C=C/CC(C(=O)O)C=N/C(=C\N=COCC[Si](C)(C)C)c2ccc(NC(=O)OC)cc2N1. The summed E-state index contributed by atoms with van der Waals surface area (Å²) in [5.74, 6) is -2.40. The molecule has 0 radical (unpaired) electrons. The molecule has 0 aliphatic carbocycles. The minimum absolute atomic E-state index is 0.194. The predicted octanol–water partition coefficient (Wildman–Crippen LogP) is 5.01. The number of nitrogens with one attached hydrogen (secondary N) is 2. The summed E-state index contributed by atoms with van der Waals surface area (Å²) >= 11 is 0. The van der Waals surface area contributed by atoms with Gasteiger partial charge < -0.3 is 24.6 Å². The van der Waals surface area contributed by atoms with Crippen LogP contribution >= 0.6 is 0 Å². The molecule has 11 nitrogen and oxygen atoms in total. The van der Waals surface area contributed by atoms with Crippen molar-refractivity contribution in [1.29, 1.82) is 0 Å². The molecule has 2 atom stereocenters. The summed E-state index contributed by atoms with van der Waals surface area (Å²) in [4.78, 5) is 45.1. The number of carboxylic acid groups (broad SMARTS) is 1. The second-order valence-electron chi connectivity index (χ2n) is 9.94. The zero-order valence-corrected chi connectivity index (χ0v) is 24.1. The molecule has 0 bridgehead atoms. The van der Waals surface area contributed by atoms with Crippen LogP contribution in [0.1, 0.15) is 25.3 Å². The van der Waals surface area contributed by atoms with E-state index in [4.69, 9.17) is 9.47 Å². The van der Waals surface area contributed by atoms with E-state index in [0.717, 1.165) is 6.04 Å². The van der Waals surface area contributed by atoms with Crippen molar-refractivity contribution in [2.45, 2.75) is 51.5 Å². The molecule has 1 aliphatic rings. The van der Waals surface area contributed by atoms with Gasteiger partial charge in [-0.05, 0) is 44.0 Å². The number of hydrogen-bond acceptors (Lipinski definition) is 9. The Kier molecular flexibility index (Phi) is 12.4. The fourth-order valence-electron chi connectivity index (χ4n) is 3.38. The van der Waals surface area contributed by atoms with Crippen LogP contribution in [-0.2, 0) is 23.8 Å². The number of benzene rings is 1. The number of methoxy groups -OCH3 is 1. The largest absolute Gasteiger partial charge is 0.483 e. The molecule has 0 aromatic heterocycles. The Hall–Kier alpha value is -3.93. The number of anilines is 2. The fraction of sp³-hybridized carbons (Fsp3) is 0.444. The number of ether oxygens (including phenoxy) is 3. The van der Waals surface area contributed by atoms with Gasteiger partial charge >= 0.3 is 18.0 Å². The number of rotatable bonds is 9. The molecule has 0 saturated carbocycles. The monoisotopic (exact) mass is 558 g/mol. The second-order valence-corrected chi connectivity index (χ2v) is 15.6. The van der Waals surface area contributed by atoms with E-state index in [1.807, 2.05) is 0 Å². The second kappa shape index (κ2) is 15.5. The molecule has 1 aliphatic heterocycles. The third-order valence-corrected chi connectivity index (χ3v) is 7.27. The maximum atomic E-state index is 12.7. The van der Waals surface area contributed by atoms with E-state index in [9.17, 15) is 19.5 Å². The fourth-order valence-corrected chi connectivity index (χ4v) is 4.11. The quantitative estimate of drug-likeness (QED) is 0.0956. The Balaban J connectivity index is 2.56. The average molecular weight is 559 g/mol. The van der Waals surface area contributed by atoms with Crippen molar-refractivity contribution in [2.75, 3.05) is 31.0 Å². The van der Waals surface area contributed by atoms with Crippen LogP contribution in [0.2, 0.25) is 25.7 Å². The van der Waals surface area contributed by atoms with Gasteiger partial charge in [0.2, 0.25) is 0 Å². The van der Waals surface area contributed by atoms with E-state index in [1.54, 1.807) is 37.3 Å². The van der Waals surface area contributed by atoms with Crippen LogP contribution in [0.4, 0.5) is 16.2 Å². The number of aliphatic imine (C=N–C) groups is 2. The number of hydrogen-bond donors (Lipinski definition) is 3. The van der Waals surface area contributed by atoms with E-state index in [1.165, 1.54) is 25.9 Å². The highest BCUT2D eigenvalue weighted by atomic mass is 28.3. The van der Waals surface area contributed by atoms with Gasteiger partial charge in [0, 0.05) is 31.2 Å². The number of aliphatic carboxylic acids is 1. The molecule has 1 heterocycles. The van der Waals surface area contributed by atoms with Crippen LogP contribution in [0.5, 0.6) is 0 Å². The summed E-state index contributed by atoms with van der Waals surface area (Å²) in [7, 11) is -0.00807. The summed E-state index contributed by atoms with van der Waals surface area (Å²) in [5, 5.41) is 15.5. The lowest BCUT2D eigenvalue weighted by Gasteiger charge is -2.21. The van der Waals surface area contributed by atoms with Crippen molar-refractivity contribution in [3.8, 4) is 0 Å². The first-order valence-corrected chi connectivity index (χ1v) is 16.4. The number of esters is 1. The number of amides is 1. The van der Waals surface area contributed by atoms with Crippen molar-refractivity contribution < 1.29 is 33.7 Å². The van der Waals surface area contributed by atoms with Gasteiger partial charge in [0.25, 0.3) is 0 Å². The smallest absolute Gasteiger partial charge is 0.411 e.